The first-order valence-electron chi connectivity index (χ1n) is 11.3. The monoisotopic (exact) mass is 429 g/mol. The summed E-state index contributed by atoms with van der Waals surface area (Å²) in [6.45, 7) is 7.15. The molecule has 0 amide bonds. The molecule has 7 heteroatoms. The van der Waals surface area contributed by atoms with E-state index in [1.807, 2.05) is 42.8 Å². The van der Waals surface area contributed by atoms with Gasteiger partial charge in [0.2, 0.25) is 0 Å². The highest BCUT2D eigenvalue weighted by molar-refractivity contribution is 5.84. The van der Waals surface area contributed by atoms with Gasteiger partial charge in [-0.3, -0.25) is 4.98 Å². The summed E-state index contributed by atoms with van der Waals surface area (Å²) in [7, 11) is 2.24. The highest BCUT2D eigenvalue weighted by Gasteiger charge is 2.37. The van der Waals surface area contributed by atoms with Crippen LogP contribution >= 0.6 is 0 Å². The molecule has 0 radical (unpaired) electrons. The Morgan fingerprint density at radius 3 is 2.81 bits per heavy atom. The minimum absolute atomic E-state index is 0.366. The van der Waals surface area contributed by atoms with Gasteiger partial charge in [0.25, 0.3) is 0 Å². The van der Waals surface area contributed by atoms with Crippen molar-refractivity contribution in [1.82, 2.24) is 19.3 Å². The van der Waals surface area contributed by atoms with Gasteiger partial charge in [-0.15, -0.1) is 0 Å². The maximum atomic E-state index is 12.9. The molecule has 2 unspecified atom stereocenters. The van der Waals surface area contributed by atoms with E-state index >= 15 is 0 Å². The van der Waals surface area contributed by atoms with Crippen molar-refractivity contribution < 1.29 is 4.42 Å². The maximum absolute atomic E-state index is 12.9. The van der Waals surface area contributed by atoms with Crippen LogP contribution in [0, 0.1) is 19.8 Å². The van der Waals surface area contributed by atoms with E-state index in [1.54, 1.807) is 0 Å². The van der Waals surface area contributed by atoms with E-state index in [2.05, 4.69) is 38.9 Å². The molecule has 2 aliphatic rings. The predicted molar refractivity (Wildman–Crippen MR) is 125 cm³/mol. The molecule has 5 heterocycles. The molecule has 6 rings (SSSR count). The molecule has 2 saturated heterocycles. The van der Waals surface area contributed by atoms with Crippen LogP contribution in [0.2, 0.25) is 0 Å². The van der Waals surface area contributed by atoms with Crippen molar-refractivity contribution in [3.05, 3.63) is 58.5 Å². The fourth-order valence-corrected chi connectivity index (χ4v) is 5.53. The second kappa shape index (κ2) is 7.17. The summed E-state index contributed by atoms with van der Waals surface area (Å²) >= 11 is 0. The van der Waals surface area contributed by atoms with Crippen LogP contribution < -0.4 is 10.5 Å². The van der Waals surface area contributed by atoms with Gasteiger partial charge in [-0.05, 0) is 64.4 Å². The van der Waals surface area contributed by atoms with Gasteiger partial charge in [-0.2, -0.15) is 0 Å². The second-order valence-electron chi connectivity index (χ2n) is 9.35. The lowest BCUT2D eigenvalue weighted by atomic mass is 9.93. The fourth-order valence-electron chi connectivity index (χ4n) is 5.53. The van der Waals surface area contributed by atoms with Crippen LogP contribution in [0.1, 0.15) is 24.2 Å². The van der Waals surface area contributed by atoms with E-state index < -0.39 is 0 Å². The lowest BCUT2D eigenvalue weighted by Gasteiger charge is -2.33. The Balaban J connectivity index is 1.36. The number of fused-ring (bicyclic) bond motifs is 3. The SMILES string of the molecule is Cc1cn2cc(-c3cc4ccc(N5CC6CCCN(C)C6C5)cc4oc3=O)nc2c(C)n1. The third-order valence-electron chi connectivity index (χ3n) is 7.14. The quantitative estimate of drug-likeness (QED) is 0.453. The van der Waals surface area contributed by atoms with Crippen molar-refractivity contribution in [2.24, 2.45) is 5.92 Å². The molecule has 32 heavy (non-hydrogen) atoms. The molecule has 0 saturated carbocycles. The average Bonchev–Trinajstić information content (AvgIpc) is 3.38. The number of likely N-dealkylation sites (tertiary alicyclic amines) is 1. The number of piperidine rings is 1. The molecule has 3 aromatic heterocycles. The van der Waals surface area contributed by atoms with Crippen molar-refractivity contribution in [2.45, 2.75) is 32.7 Å². The number of hydrogen-bond acceptors (Lipinski definition) is 6. The molecule has 4 aromatic rings. The molecule has 7 nitrogen and oxygen atoms in total. The van der Waals surface area contributed by atoms with Crippen LogP contribution in [-0.4, -0.2) is 52.0 Å². The third-order valence-corrected chi connectivity index (χ3v) is 7.14. The molecule has 0 aliphatic carbocycles. The lowest BCUT2D eigenvalue weighted by Crippen LogP contribution is -2.42. The topological polar surface area (TPSA) is 66.9 Å². The van der Waals surface area contributed by atoms with Gasteiger partial charge < -0.3 is 18.6 Å². The fraction of sp³-hybridized carbons (Fsp3) is 0.400. The standard InChI is InChI=1S/C25H27N5O2/c1-15-11-30-13-21(27-24(30)16(2)26-15)20-9-17-6-7-19(10-23(17)32-25(20)31)29-12-18-5-4-8-28(3)22(18)14-29/h6-7,9-11,13,18,22H,4-5,8,12,14H2,1-3H3. The summed E-state index contributed by atoms with van der Waals surface area (Å²) in [5.74, 6) is 0.718. The first-order chi connectivity index (χ1) is 15.5. The Morgan fingerprint density at radius 2 is 1.97 bits per heavy atom. The van der Waals surface area contributed by atoms with Crippen LogP contribution in [0.3, 0.4) is 0 Å². The number of hydrogen-bond donors (Lipinski definition) is 0. The molecule has 0 spiro atoms. The molecule has 164 valence electrons. The molecule has 1 aromatic carbocycles. The molecule has 2 fully saturated rings. The van der Waals surface area contributed by atoms with Crippen molar-refractivity contribution in [3.63, 3.8) is 0 Å². The number of likely N-dealkylation sites (N-methyl/N-ethyl adjacent to an activating group) is 1. The predicted octanol–water partition coefficient (Wildman–Crippen LogP) is 3.65. The first kappa shape index (κ1) is 19.5. The summed E-state index contributed by atoms with van der Waals surface area (Å²) in [4.78, 5) is 26.9. The number of benzene rings is 1. The highest BCUT2D eigenvalue weighted by Crippen LogP contribution is 2.34. The molecule has 2 aliphatic heterocycles. The number of nitrogens with zero attached hydrogens (tertiary/aromatic N) is 5. The van der Waals surface area contributed by atoms with E-state index in [9.17, 15) is 4.79 Å². The van der Waals surface area contributed by atoms with E-state index in [-0.39, 0.29) is 5.63 Å². The van der Waals surface area contributed by atoms with Crippen LogP contribution in [0.15, 0.2) is 45.9 Å². The van der Waals surface area contributed by atoms with Crippen LogP contribution in [-0.2, 0) is 0 Å². The van der Waals surface area contributed by atoms with Gasteiger partial charge in [-0.1, -0.05) is 0 Å². The van der Waals surface area contributed by atoms with Gasteiger partial charge in [0, 0.05) is 48.7 Å². The van der Waals surface area contributed by atoms with Gasteiger partial charge in [0.15, 0.2) is 5.65 Å². The van der Waals surface area contributed by atoms with E-state index in [1.165, 1.54) is 19.4 Å². The number of imidazole rings is 1. The number of aryl methyl sites for hydroxylation is 2. The highest BCUT2D eigenvalue weighted by atomic mass is 16.4. The number of anilines is 1. The average molecular weight is 430 g/mol. The van der Waals surface area contributed by atoms with Crippen molar-refractivity contribution in [3.8, 4) is 11.3 Å². The van der Waals surface area contributed by atoms with Crippen molar-refractivity contribution >= 4 is 22.3 Å². The molecule has 0 bridgehead atoms. The van der Waals surface area contributed by atoms with E-state index in [4.69, 9.17) is 4.42 Å². The molecule has 2 atom stereocenters. The van der Waals surface area contributed by atoms with Gasteiger partial charge in [-0.25, -0.2) is 9.78 Å². The Hall–Kier alpha value is -3.19. The van der Waals surface area contributed by atoms with Gasteiger partial charge >= 0.3 is 5.63 Å². The maximum Gasteiger partial charge on any atom is 0.345 e. The Kier molecular flexibility index (Phi) is 4.37. The van der Waals surface area contributed by atoms with Crippen LogP contribution in [0.4, 0.5) is 5.69 Å². The Labute approximate surface area is 186 Å². The minimum Gasteiger partial charge on any atom is -0.422 e. The Bertz CT molecular complexity index is 1400. The lowest BCUT2D eigenvalue weighted by molar-refractivity contribution is 0.158. The summed E-state index contributed by atoms with van der Waals surface area (Å²) in [5, 5.41) is 0.903. The molecule has 0 N–H and O–H groups in total. The van der Waals surface area contributed by atoms with Crippen molar-refractivity contribution in [2.75, 3.05) is 31.6 Å². The summed E-state index contributed by atoms with van der Waals surface area (Å²) in [6.07, 6.45) is 6.36. The van der Waals surface area contributed by atoms with Crippen LogP contribution in [0.5, 0.6) is 0 Å². The zero-order chi connectivity index (χ0) is 22.0. The molecular formula is C25H27N5O2. The normalized spacial score (nSPS) is 21.5. The summed E-state index contributed by atoms with van der Waals surface area (Å²) in [5.41, 5.74) is 4.95. The largest absolute Gasteiger partial charge is 0.422 e. The number of rotatable bonds is 2. The second-order valence-corrected chi connectivity index (χ2v) is 9.35. The number of aromatic nitrogens is 3. The molecular weight excluding hydrogens is 402 g/mol. The van der Waals surface area contributed by atoms with Crippen LogP contribution in [0.25, 0.3) is 27.9 Å². The minimum atomic E-state index is -0.366. The zero-order valence-corrected chi connectivity index (χ0v) is 18.7. The third kappa shape index (κ3) is 3.11. The van der Waals surface area contributed by atoms with Gasteiger partial charge in [0.1, 0.15) is 5.58 Å². The zero-order valence-electron chi connectivity index (χ0n) is 18.7. The van der Waals surface area contributed by atoms with Gasteiger partial charge in [0.05, 0.1) is 22.6 Å². The van der Waals surface area contributed by atoms with E-state index in [0.717, 1.165) is 47.1 Å². The van der Waals surface area contributed by atoms with E-state index in [0.29, 0.717) is 22.9 Å². The summed E-state index contributed by atoms with van der Waals surface area (Å²) < 4.78 is 7.70. The first-order valence-corrected chi connectivity index (χ1v) is 11.3. The smallest absolute Gasteiger partial charge is 0.345 e. The van der Waals surface area contributed by atoms with Crippen molar-refractivity contribution in [1.29, 1.82) is 0 Å². The summed E-state index contributed by atoms with van der Waals surface area (Å²) in [6, 6.07) is 8.71. The Morgan fingerprint density at radius 1 is 1.09 bits per heavy atom.